The molecule has 90 valence electrons. The van der Waals surface area contributed by atoms with Crippen LogP contribution in [-0.2, 0) is 0 Å². The van der Waals surface area contributed by atoms with E-state index in [1.54, 1.807) is 0 Å². The van der Waals surface area contributed by atoms with Crippen LogP contribution in [0.5, 0.6) is 5.75 Å². The Bertz CT molecular complexity index is 347. The van der Waals surface area contributed by atoms with Gasteiger partial charge in [-0.25, -0.2) is 0 Å². The molecule has 1 atom stereocenters. The molecule has 2 nitrogen and oxygen atoms in total. The Morgan fingerprint density at radius 3 is 2.31 bits per heavy atom. The van der Waals surface area contributed by atoms with Crippen molar-refractivity contribution in [3.05, 3.63) is 29.3 Å². The smallest absolute Gasteiger partial charge is 0.120 e. The minimum atomic E-state index is 0.255. The molecule has 0 aliphatic rings. The average molecular weight is 221 g/mol. The van der Waals surface area contributed by atoms with Gasteiger partial charge in [0.15, 0.2) is 0 Å². The van der Waals surface area contributed by atoms with Crippen molar-refractivity contribution in [3.8, 4) is 5.75 Å². The first-order chi connectivity index (χ1) is 7.47. The topological polar surface area (TPSA) is 23.5 Å². The summed E-state index contributed by atoms with van der Waals surface area (Å²) >= 11 is 0. The molecule has 1 N–H and O–H groups in total. The first-order valence-electron chi connectivity index (χ1n) is 6.02. The van der Waals surface area contributed by atoms with Crippen molar-refractivity contribution in [2.75, 3.05) is 6.54 Å². The number of aromatic hydroxyl groups is 1. The summed E-state index contributed by atoms with van der Waals surface area (Å²) in [6, 6.07) is 6.66. The van der Waals surface area contributed by atoms with Gasteiger partial charge in [0, 0.05) is 17.6 Å². The summed E-state index contributed by atoms with van der Waals surface area (Å²) in [7, 11) is 0. The lowest BCUT2D eigenvalue weighted by Gasteiger charge is -2.32. The number of nitrogens with zero attached hydrogens (tertiary/aromatic N) is 1. The number of phenolic OH excluding ortho intramolecular Hbond substituents is 1. The second kappa shape index (κ2) is 5.35. The number of aryl methyl sites for hydroxylation is 1. The minimum Gasteiger partial charge on any atom is -0.508 e. The first-order valence-corrected chi connectivity index (χ1v) is 6.02. The Hall–Kier alpha value is -1.02. The van der Waals surface area contributed by atoms with Gasteiger partial charge in [-0.2, -0.15) is 0 Å². The van der Waals surface area contributed by atoms with E-state index in [9.17, 15) is 5.11 Å². The van der Waals surface area contributed by atoms with Crippen molar-refractivity contribution in [2.45, 2.75) is 46.7 Å². The van der Waals surface area contributed by atoms with Crippen LogP contribution in [0, 0.1) is 6.92 Å². The highest BCUT2D eigenvalue weighted by Gasteiger charge is 2.19. The Labute approximate surface area is 98.9 Å². The van der Waals surface area contributed by atoms with Crippen molar-refractivity contribution in [1.29, 1.82) is 0 Å². The maximum Gasteiger partial charge on any atom is 0.120 e. The molecule has 2 heteroatoms. The lowest BCUT2D eigenvalue weighted by Crippen LogP contribution is -2.33. The van der Waals surface area contributed by atoms with Gasteiger partial charge in [0.25, 0.3) is 0 Å². The summed E-state index contributed by atoms with van der Waals surface area (Å²) in [5.41, 5.74) is 2.11. The normalized spacial score (nSPS) is 13.4. The SMILES string of the molecule is CCN(C(C)C)C(C)c1ccc(C)cc1O. The van der Waals surface area contributed by atoms with E-state index in [0.717, 1.165) is 17.7 Å². The van der Waals surface area contributed by atoms with E-state index < -0.39 is 0 Å². The third-order valence-corrected chi connectivity index (χ3v) is 3.16. The first kappa shape index (κ1) is 13.0. The van der Waals surface area contributed by atoms with Crippen LogP contribution in [0.2, 0.25) is 0 Å². The fourth-order valence-corrected chi connectivity index (χ4v) is 2.27. The number of hydrogen-bond acceptors (Lipinski definition) is 2. The molecule has 0 fully saturated rings. The van der Waals surface area contributed by atoms with E-state index >= 15 is 0 Å². The van der Waals surface area contributed by atoms with Crippen LogP contribution < -0.4 is 0 Å². The Morgan fingerprint density at radius 1 is 1.25 bits per heavy atom. The molecule has 1 aromatic rings. The van der Waals surface area contributed by atoms with Crippen molar-refractivity contribution in [1.82, 2.24) is 4.90 Å². The van der Waals surface area contributed by atoms with Gasteiger partial charge in [-0.1, -0.05) is 19.1 Å². The van der Waals surface area contributed by atoms with E-state index in [1.807, 2.05) is 19.1 Å². The maximum atomic E-state index is 9.96. The molecule has 1 aromatic carbocycles. The fraction of sp³-hybridized carbons (Fsp3) is 0.571. The zero-order valence-electron chi connectivity index (χ0n) is 11.0. The highest BCUT2D eigenvalue weighted by molar-refractivity contribution is 5.37. The molecule has 0 heterocycles. The summed E-state index contributed by atoms with van der Waals surface area (Å²) < 4.78 is 0. The van der Waals surface area contributed by atoms with E-state index in [1.165, 1.54) is 0 Å². The summed E-state index contributed by atoms with van der Waals surface area (Å²) in [6.07, 6.45) is 0. The van der Waals surface area contributed by atoms with E-state index in [-0.39, 0.29) is 6.04 Å². The number of hydrogen-bond donors (Lipinski definition) is 1. The number of phenols is 1. The van der Waals surface area contributed by atoms with E-state index in [4.69, 9.17) is 0 Å². The zero-order valence-corrected chi connectivity index (χ0v) is 11.0. The van der Waals surface area contributed by atoms with Gasteiger partial charge >= 0.3 is 0 Å². The molecule has 0 saturated carbocycles. The van der Waals surface area contributed by atoms with Crippen LogP contribution in [0.3, 0.4) is 0 Å². The highest BCUT2D eigenvalue weighted by Crippen LogP contribution is 2.30. The Kier molecular flexibility index (Phi) is 4.36. The van der Waals surface area contributed by atoms with E-state index in [2.05, 4.69) is 38.7 Å². The second-order valence-corrected chi connectivity index (χ2v) is 4.66. The zero-order chi connectivity index (χ0) is 12.3. The third-order valence-electron chi connectivity index (χ3n) is 3.16. The monoisotopic (exact) mass is 221 g/mol. The van der Waals surface area contributed by atoms with Gasteiger partial charge in [0.2, 0.25) is 0 Å². The van der Waals surface area contributed by atoms with Gasteiger partial charge in [0.1, 0.15) is 5.75 Å². The summed E-state index contributed by atoms with van der Waals surface area (Å²) in [5, 5.41) is 9.96. The van der Waals surface area contributed by atoms with Crippen LogP contribution in [0.25, 0.3) is 0 Å². The quantitative estimate of drug-likeness (QED) is 0.841. The van der Waals surface area contributed by atoms with Crippen molar-refractivity contribution >= 4 is 0 Å². The number of benzene rings is 1. The molecule has 0 aliphatic heterocycles. The summed E-state index contributed by atoms with van der Waals surface area (Å²) in [6.45, 7) is 11.7. The molecule has 1 rings (SSSR count). The third kappa shape index (κ3) is 2.76. The van der Waals surface area contributed by atoms with Crippen molar-refractivity contribution < 1.29 is 5.11 Å². The van der Waals surface area contributed by atoms with Gasteiger partial charge in [-0.3, -0.25) is 4.90 Å². The molecule has 0 aromatic heterocycles. The highest BCUT2D eigenvalue weighted by atomic mass is 16.3. The molecule has 1 unspecified atom stereocenters. The summed E-state index contributed by atoms with van der Waals surface area (Å²) in [4.78, 5) is 2.37. The molecule has 0 saturated heterocycles. The van der Waals surface area contributed by atoms with Gasteiger partial charge in [-0.05, 0) is 45.9 Å². The maximum absolute atomic E-state index is 9.96. The van der Waals surface area contributed by atoms with Gasteiger partial charge in [0.05, 0.1) is 0 Å². The van der Waals surface area contributed by atoms with Crippen LogP contribution >= 0.6 is 0 Å². The van der Waals surface area contributed by atoms with Crippen LogP contribution in [0.15, 0.2) is 18.2 Å². The standard InChI is InChI=1S/C14H23NO/c1-6-15(10(2)3)12(5)13-8-7-11(4)9-14(13)16/h7-10,12,16H,6H2,1-5H3. The molecule has 0 aliphatic carbocycles. The van der Waals surface area contributed by atoms with Crippen LogP contribution in [0.1, 0.15) is 44.9 Å². The predicted molar refractivity (Wildman–Crippen MR) is 68.8 cm³/mol. The molecular weight excluding hydrogens is 198 g/mol. The second-order valence-electron chi connectivity index (χ2n) is 4.66. The van der Waals surface area contributed by atoms with Gasteiger partial charge in [-0.15, -0.1) is 0 Å². The number of rotatable bonds is 4. The predicted octanol–water partition coefficient (Wildman–Crippen LogP) is 3.49. The lowest BCUT2D eigenvalue weighted by atomic mass is 10.0. The molecule has 0 bridgehead atoms. The van der Waals surface area contributed by atoms with Crippen LogP contribution in [-0.4, -0.2) is 22.6 Å². The lowest BCUT2D eigenvalue weighted by molar-refractivity contribution is 0.172. The van der Waals surface area contributed by atoms with Crippen molar-refractivity contribution in [3.63, 3.8) is 0 Å². The van der Waals surface area contributed by atoms with Crippen molar-refractivity contribution in [2.24, 2.45) is 0 Å². The molecule has 0 amide bonds. The largest absolute Gasteiger partial charge is 0.508 e. The minimum absolute atomic E-state index is 0.255. The van der Waals surface area contributed by atoms with E-state index in [0.29, 0.717) is 11.8 Å². The molecule has 0 radical (unpaired) electrons. The Morgan fingerprint density at radius 2 is 1.88 bits per heavy atom. The van der Waals surface area contributed by atoms with Gasteiger partial charge < -0.3 is 5.11 Å². The molecular formula is C14H23NO. The fourth-order valence-electron chi connectivity index (χ4n) is 2.27. The Balaban J connectivity index is 2.99. The molecule has 0 spiro atoms. The molecule has 16 heavy (non-hydrogen) atoms. The average Bonchev–Trinajstić information content (AvgIpc) is 2.17. The van der Waals surface area contributed by atoms with Crippen LogP contribution in [0.4, 0.5) is 0 Å². The summed E-state index contributed by atoms with van der Waals surface area (Å²) in [5.74, 6) is 0.409.